The number of nitrogens with two attached hydrogens (primary N) is 1. The first kappa shape index (κ1) is 21.9. The summed E-state index contributed by atoms with van der Waals surface area (Å²) < 4.78 is 1.63. The van der Waals surface area contributed by atoms with E-state index < -0.39 is 0 Å². The Hall–Kier alpha value is -3.97. The lowest BCUT2D eigenvalue weighted by Crippen LogP contribution is -2.22. The van der Waals surface area contributed by atoms with Crippen LogP contribution in [0.5, 0.6) is 0 Å². The van der Waals surface area contributed by atoms with Gasteiger partial charge in [0, 0.05) is 5.69 Å². The minimum Gasteiger partial charge on any atom is -0.382 e. The monoisotopic (exact) mass is 467 g/mol. The largest absolute Gasteiger partial charge is 0.382 e. The molecule has 170 valence electrons. The number of para-hydroxylation sites is 1. The van der Waals surface area contributed by atoms with Crippen LogP contribution in [-0.2, 0) is 12.8 Å². The Morgan fingerprint density at radius 1 is 0.882 bits per heavy atom. The van der Waals surface area contributed by atoms with Gasteiger partial charge in [-0.05, 0) is 60.4 Å². The maximum Gasteiger partial charge on any atom is 0.266 e. The highest BCUT2D eigenvalue weighted by atomic mass is 32.1. The van der Waals surface area contributed by atoms with Gasteiger partial charge in [0.25, 0.3) is 5.56 Å². The molecule has 0 saturated heterocycles. The number of benzene rings is 3. The average Bonchev–Trinajstić information content (AvgIpc) is 3.24. The fourth-order valence-electron chi connectivity index (χ4n) is 3.90. The predicted molar refractivity (Wildman–Crippen MR) is 141 cm³/mol. The lowest BCUT2D eigenvalue weighted by Gasteiger charge is -2.13. The van der Waals surface area contributed by atoms with Gasteiger partial charge in [-0.1, -0.05) is 61.6 Å². The Kier molecular flexibility index (Phi) is 5.86. The third kappa shape index (κ3) is 4.06. The third-order valence-corrected chi connectivity index (χ3v) is 6.83. The van der Waals surface area contributed by atoms with Crippen molar-refractivity contribution in [1.82, 2.24) is 14.5 Å². The first-order valence-corrected chi connectivity index (χ1v) is 12.1. The summed E-state index contributed by atoms with van der Waals surface area (Å²) in [6, 6.07) is 23.6. The number of nitrogen functional groups attached to an aromatic ring is 1. The first-order valence-electron chi connectivity index (χ1n) is 11.3. The maximum atomic E-state index is 13.6. The van der Waals surface area contributed by atoms with Gasteiger partial charge in [0.15, 0.2) is 11.0 Å². The van der Waals surface area contributed by atoms with Gasteiger partial charge in [-0.25, -0.2) is 9.97 Å². The number of nitrogens with one attached hydrogen (secondary N) is 1. The highest BCUT2D eigenvalue weighted by molar-refractivity contribution is 7.19. The zero-order valence-corrected chi connectivity index (χ0v) is 19.9. The highest BCUT2D eigenvalue weighted by Gasteiger charge is 2.20. The van der Waals surface area contributed by atoms with E-state index in [1.807, 2.05) is 54.6 Å². The minimum atomic E-state index is -0.137. The first-order chi connectivity index (χ1) is 16.6. The Morgan fingerprint density at radius 3 is 2.21 bits per heavy atom. The van der Waals surface area contributed by atoms with Crippen LogP contribution >= 0.6 is 11.3 Å². The van der Waals surface area contributed by atoms with Gasteiger partial charge in [0.05, 0.1) is 16.6 Å². The molecule has 2 aromatic heterocycles. The molecule has 0 bridgehead atoms. The number of hydrogen-bond acceptors (Lipinski definition) is 6. The van der Waals surface area contributed by atoms with Crippen molar-refractivity contribution in [2.45, 2.75) is 26.7 Å². The molecule has 0 fully saturated rings. The summed E-state index contributed by atoms with van der Waals surface area (Å²) in [6.07, 6.45) is 1.91. The van der Waals surface area contributed by atoms with Crippen LogP contribution in [-0.4, -0.2) is 14.5 Å². The van der Waals surface area contributed by atoms with Crippen molar-refractivity contribution in [3.63, 3.8) is 0 Å². The van der Waals surface area contributed by atoms with E-state index >= 15 is 0 Å². The van der Waals surface area contributed by atoms with E-state index in [1.165, 1.54) is 22.5 Å². The number of aromatic nitrogens is 3. The molecule has 0 aliphatic heterocycles. The molecule has 7 heteroatoms. The van der Waals surface area contributed by atoms with Crippen LogP contribution in [0.15, 0.2) is 77.6 Å². The van der Waals surface area contributed by atoms with E-state index in [-0.39, 0.29) is 5.56 Å². The number of fused-ring (bicyclic) bond motifs is 1. The summed E-state index contributed by atoms with van der Waals surface area (Å²) >= 11 is 1.38. The van der Waals surface area contributed by atoms with E-state index in [2.05, 4.69) is 36.3 Å². The molecule has 0 saturated carbocycles. The lowest BCUT2D eigenvalue weighted by atomic mass is 10.1. The fraction of sp³-hybridized carbons (Fsp3) is 0.148. The van der Waals surface area contributed by atoms with Gasteiger partial charge < -0.3 is 11.1 Å². The normalized spacial score (nSPS) is 11.1. The van der Waals surface area contributed by atoms with E-state index in [1.54, 1.807) is 10.6 Å². The Bertz CT molecular complexity index is 1520. The molecular formula is C27H25N5OS. The van der Waals surface area contributed by atoms with E-state index in [9.17, 15) is 4.79 Å². The molecule has 0 spiro atoms. The second-order valence-corrected chi connectivity index (χ2v) is 9.02. The molecule has 0 aliphatic rings. The van der Waals surface area contributed by atoms with E-state index in [0.29, 0.717) is 32.6 Å². The van der Waals surface area contributed by atoms with Crippen LogP contribution in [0.1, 0.15) is 25.0 Å². The predicted octanol–water partition coefficient (Wildman–Crippen LogP) is 5.96. The van der Waals surface area contributed by atoms with Crippen LogP contribution in [0, 0.1) is 0 Å². The summed E-state index contributed by atoms with van der Waals surface area (Å²) in [7, 11) is 0. The van der Waals surface area contributed by atoms with Gasteiger partial charge in [-0.2, -0.15) is 0 Å². The summed E-state index contributed by atoms with van der Waals surface area (Å²) in [5.41, 5.74) is 11.0. The van der Waals surface area contributed by atoms with Crippen LogP contribution in [0.2, 0.25) is 0 Å². The molecule has 0 atom stereocenters. The van der Waals surface area contributed by atoms with Gasteiger partial charge >= 0.3 is 0 Å². The van der Waals surface area contributed by atoms with Crippen molar-refractivity contribution < 1.29 is 0 Å². The molecule has 3 N–H and O–H groups in total. The van der Waals surface area contributed by atoms with Crippen LogP contribution in [0.25, 0.3) is 27.3 Å². The quantitative estimate of drug-likeness (QED) is 0.322. The summed E-state index contributed by atoms with van der Waals surface area (Å²) in [5, 5.41) is 4.53. The van der Waals surface area contributed by atoms with E-state index in [0.717, 1.165) is 24.2 Å². The highest BCUT2D eigenvalue weighted by Crippen LogP contribution is 2.36. The van der Waals surface area contributed by atoms with Crippen molar-refractivity contribution in [2.75, 3.05) is 11.1 Å². The molecule has 3 aromatic carbocycles. The molecule has 6 nitrogen and oxygen atoms in total. The molecular weight excluding hydrogens is 442 g/mol. The van der Waals surface area contributed by atoms with Crippen LogP contribution < -0.4 is 16.6 Å². The number of aryl methyl sites for hydroxylation is 2. The lowest BCUT2D eigenvalue weighted by molar-refractivity contribution is 0.976. The van der Waals surface area contributed by atoms with Crippen molar-refractivity contribution in [1.29, 1.82) is 0 Å². The smallest absolute Gasteiger partial charge is 0.266 e. The minimum absolute atomic E-state index is 0.137. The van der Waals surface area contributed by atoms with Gasteiger partial charge in [-0.3, -0.25) is 9.36 Å². The van der Waals surface area contributed by atoms with Gasteiger partial charge in [0.2, 0.25) is 0 Å². The molecule has 0 unspecified atom stereocenters. The van der Waals surface area contributed by atoms with Crippen molar-refractivity contribution >= 4 is 38.9 Å². The number of anilines is 3. The summed E-state index contributed by atoms with van der Waals surface area (Å²) in [4.78, 5) is 23.6. The number of hydrogen-bond donors (Lipinski definition) is 2. The maximum absolute atomic E-state index is 13.6. The summed E-state index contributed by atoms with van der Waals surface area (Å²) in [5.74, 6) is 0.816. The average molecular weight is 468 g/mol. The topological polar surface area (TPSA) is 85.8 Å². The van der Waals surface area contributed by atoms with Crippen molar-refractivity contribution in [2.24, 2.45) is 0 Å². The molecule has 5 aromatic rings. The standard InChI is InChI=1S/C27H25N5OS/c1-3-17-9-13-19(14-10-17)29-27-31-24(28)23(34-27)25-30-22-8-6-5-7-21(22)26(33)32(25)20-15-11-18(4-2)12-16-20/h5-16H,3-4,28H2,1-2H3,(H,29,31). The zero-order chi connectivity index (χ0) is 23.7. The molecule has 0 aliphatic carbocycles. The van der Waals surface area contributed by atoms with E-state index in [4.69, 9.17) is 10.7 Å². The summed E-state index contributed by atoms with van der Waals surface area (Å²) in [6.45, 7) is 4.23. The fourth-order valence-corrected chi connectivity index (χ4v) is 4.78. The SMILES string of the molecule is CCc1ccc(Nc2nc(N)c(-c3nc4ccccc4c(=O)n3-c3ccc(CC)cc3)s2)cc1. The van der Waals surface area contributed by atoms with Crippen LogP contribution in [0.3, 0.4) is 0 Å². The number of nitrogens with zero attached hydrogens (tertiary/aromatic N) is 3. The number of thiazole rings is 1. The molecule has 5 rings (SSSR count). The van der Waals surface area contributed by atoms with Gasteiger partial charge in [0.1, 0.15) is 10.7 Å². The zero-order valence-electron chi connectivity index (χ0n) is 19.1. The van der Waals surface area contributed by atoms with Crippen molar-refractivity contribution in [3.8, 4) is 16.4 Å². The molecule has 0 amide bonds. The third-order valence-electron chi connectivity index (χ3n) is 5.85. The molecule has 34 heavy (non-hydrogen) atoms. The van der Waals surface area contributed by atoms with Crippen molar-refractivity contribution in [3.05, 3.63) is 94.3 Å². The molecule has 2 heterocycles. The Morgan fingerprint density at radius 2 is 1.53 bits per heavy atom. The Balaban J connectivity index is 1.64. The Labute approximate surface area is 201 Å². The van der Waals surface area contributed by atoms with Gasteiger partial charge in [-0.15, -0.1) is 0 Å². The number of rotatable bonds is 6. The second kappa shape index (κ2) is 9.11. The van der Waals surface area contributed by atoms with Crippen LogP contribution in [0.4, 0.5) is 16.6 Å². The molecule has 0 radical (unpaired) electrons. The second-order valence-electron chi connectivity index (χ2n) is 8.02.